The number of hydrogen-bond donors (Lipinski definition) is 2. The Labute approximate surface area is 273 Å². The Kier molecular flexibility index (Phi) is 11.8. The van der Waals surface area contributed by atoms with E-state index < -0.39 is 0 Å². The minimum absolute atomic E-state index is 0.0361. The molecule has 0 spiro atoms. The number of benzene rings is 3. The topological polar surface area (TPSA) is 91.1 Å². The summed E-state index contributed by atoms with van der Waals surface area (Å²) in [4.78, 5) is 34.8. The van der Waals surface area contributed by atoms with Gasteiger partial charge in [0.15, 0.2) is 5.70 Å². The first kappa shape index (κ1) is 33.2. The molecular weight excluding hydrogens is 574 g/mol. The number of methoxy groups -OCH3 is 1. The summed E-state index contributed by atoms with van der Waals surface area (Å²) in [6.07, 6.45) is 4.09. The zero-order valence-electron chi connectivity index (χ0n) is 27.1. The van der Waals surface area contributed by atoms with Gasteiger partial charge in [-0.05, 0) is 56.0 Å². The lowest BCUT2D eigenvalue weighted by Crippen LogP contribution is -2.59. The molecule has 3 N–H and O–H groups in total. The van der Waals surface area contributed by atoms with Crippen LogP contribution in [0.15, 0.2) is 102 Å². The SMILES string of the molecule is COc1ccccc1CN1CCN2C(C)CCN(C(=C=CCCCN)C(=O)NCC(c3ccccc3)c3ccccc3)C(=O)C2C1. The Morgan fingerprint density at radius 1 is 1.00 bits per heavy atom. The number of unbranched alkanes of at least 4 members (excludes halogenated alkanes) is 1. The van der Waals surface area contributed by atoms with E-state index in [0.29, 0.717) is 39.1 Å². The molecule has 0 aromatic heterocycles. The van der Waals surface area contributed by atoms with Gasteiger partial charge in [0.25, 0.3) is 5.91 Å². The van der Waals surface area contributed by atoms with Crippen LogP contribution in [0.1, 0.15) is 48.8 Å². The monoisotopic (exact) mass is 621 g/mol. The highest BCUT2D eigenvalue weighted by molar-refractivity contribution is 5.98. The summed E-state index contributed by atoms with van der Waals surface area (Å²) in [6.45, 7) is 6.50. The van der Waals surface area contributed by atoms with Crippen molar-refractivity contribution in [3.63, 3.8) is 0 Å². The molecule has 2 fully saturated rings. The minimum atomic E-state index is -0.365. The molecular formula is C38H47N5O3. The number of fused-ring (bicyclic) bond motifs is 1. The molecule has 2 unspecified atom stereocenters. The highest BCUT2D eigenvalue weighted by Crippen LogP contribution is 2.27. The van der Waals surface area contributed by atoms with Crippen LogP contribution >= 0.6 is 0 Å². The van der Waals surface area contributed by atoms with Gasteiger partial charge in [0.05, 0.1) is 7.11 Å². The van der Waals surface area contributed by atoms with Crippen molar-refractivity contribution in [2.24, 2.45) is 5.73 Å². The van der Waals surface area contributed by atoms with Crippen LogP contribution in [0, 0.1) is 0 Å². The summed E-state index contributed by atoms with van der Waals surface area (Å²) < 4.78 is 5.60. The average molecular weight is 622 g/mol. The van der Waals surface area contributed by atoms with Crippen molar-refractivity contribution in [1.29, 1.82) is 0 Å². The van der Waals surface area contributed by atoms with Gasteiger partial charge in [0.1, 0.15) is 11.8 Å². The number of carbonyl (C=O) groups excluding carboxylic acids is 2. The third-order valence-corrected chi connectivity index (χ3v) is 9.13. The van der Waals surface area contributed by atoms with Crippen molar-refractivity contribution in [2.75, 3.05) is 46.4 Å². The number of piperazine rings is 1. The first-order chi connectivity index (χ1) is 22.5. The maximum atomic E-state index is 14.4. The van der Waals surface area contributed by atoms with E-state index >= 15 is 0 Å². The molecule has 0 bridgehead atoms. The van der Waals surface area contributed by atoms with E-state index in [1.54, 1.807) is 12.0 Å². The van der Waals surface area contributed by atoms with Gasteiger partial charge >= 0.3 is 0 Å². The Morgan fingerprint density at radius 2 is 1.67 bits per heavy atom. The molecule has 2 saturated heterocycles. The maximum Gasteiger partial charge on any atom is 0.276 e. The van der Waals surface area contributed by atoms with E-state index in [1.165, 1.54) is 0 Å². The van der Waals surface area contributed by atoms with Gasteiger partial charge in [-0.3, -0.25) is 24.3 Å². The van der Waals surface area contributed by atoms with Gasteiger partial charge in [-0.1, -0.05) is 84.6 Å². The minimum Gasteiger partial charge on any atom is -0.496 e. The maximum absolute atomic E-state index is 14.4. The molecule has 2 heterocycles. The van der Waals surface area contributed by atoms with Gasteiger partial charge in [0.2, 0.25) is 5.91 Å². The molecule has 2 aliphatic heterocycles. The first-order valence-electron chi connectivity index (χ1n) is 16.4. The standard InChI is InChI=1S/C38H47N5O3/c1-29-21-23-43(38(45)35-28-41(24-25-42(29)35)27-32-18-11-12-20-36(32)46-2)34(19-10-5-13-22-39)37(44)40-26-33(30-14-6-3-7-15-30)31-16-8-4-9-17-31/h3-4,6-12,14-18,20,29,33,35H,5,13,21-28,39H2,1-2H3,(H,40,44). The fourth-order valence-electron chi connectivity index (χ4n) is 6.55. The van der Waals surface area contributed by atoms with Crippen molar-refractivity contribution in [1.82, 2.24) is 20.0 Å². The Bertz CT molecular complexity index is 1470. The van der Waals surface area contributed by atoms with E-state index in [4.69, 9.17) is 10.5 Å². The predicted octanol–water partition coefficient (Wildman–Crippen LogP) is 4.53. The van der Waals surface area contributed by atoms with Crippen molar-refractivity contribution in [2.45, 2.75) is 50.7 Å². The normalized spacial score (nSPS) is 18.8. The Morgan fingerprint density at radius 3 is 2.35 bits per heavy atom. The summed E-state index contributed by atoms with van der Waals surface area (Å²) >= 11 is 0. The van der Waals surface area contributed by atoms with E-state index in [0.717, 1.165) is 48.4 Å². The van der Waals surface area contributed by atoms with Crippen LogP contribution in [0.2, 0.25) is 0 Å². The van der Waals surface area contributed by atoms with Gasteiger partial charge in [-0.25, -0.2) is 0 Å². The molecule has 0 aliphatic carbocycles. The van der Waals surface area contributed by atoms with Crippen molar-refractivity contribution < 1.29 is 14.3 Å². The quantitative estimate of drug-likeness (QED) is 0.176. The lowest BCUT2D eigenvalue weighted by Gasteiger charge is -2.42. The lowest BCUT2D eigenvalue weighted by atomic mass is 9.91. The summed E-state index contributed by atoms with van der Waals surface area (Å²) in [5, 5.41) is 3.18. The van der Waals surface area contributed by atoms with Crippen molar-refractivity contribution in [3.05, 3.63) is 119 Å². The number of nitrogens with one attached hydrogen (secondary N) is 1. The molecule has 3 aromatic carbocycles. The highest BCUT2D eigenvalue weighted by Gasteiger charge is 2.41. The van der Waals surface area contributed by atoms with Gasteiger partial charge in [0, 0.05) is 56.8 Å². The van der Waals surface area contributed by atoms with Gasteiger partial charge in [-0.15, -0.1) is 0 Å². The molecule has 0 radical (unpaired) electrons. The molecule has 2 atom stereocenters. The fraction of sp³-hybridized carbons (Fsp3) is 0.395. The second-order valence-corrected chi connectivity index (χ2v) is 12.1. The molecule has 0 saturated carbocycles. The summed E-state index contributed by atoms with van der Waals surface area (Å²) in [7, 11) is 1.69. The van der Waals surface area contributed by atoms with Crippen LogP contribution in [0.3, 0.4) is 0 Å². The Hall–Kier alpha value is -4.20. The number of nitrogens with two attached hydrogens (primary N) is 1. The number of hydrogen-bond acceptors (Lipinski definition) is 6. The van der Waals surface area contributed by atoms with E-state index in [-0.39, 0.29) is 35.5 Å². The van der Waals surface area contributed by atoms with Crippen LogP contribution in [0.25, 0.3) is 0 Å². The third kappa shape index (κ3) is 8.14. The van der Waals surface area contributed by atoms with E-state index in [1.807, 2.05) is 60.7 Å². The van der Waals surface area contributed by atoms with Crippen LogP contribution in [0.4, 0.5) is 0 Å². The van der Waals surface area contributed by atoms with Gasteiger partial charge < -0.3 is 15.8 Å². The van der Waals surface area contributed by atoms with Crippen LogP contribution in [-0.2, 0) is 16.1 Å². The Balaban J connectivity index is 1.38. The molecule has 3 aromatic rings. The zero-order valence-corrected chi connectivity index (χ0v) is 27.1. The number of nitrogens with zero attached hydrogens (tertiary/aromatic N) is 3. The average Bonchev–Trinajstić information content (AvgIpc) is 3.21. The summed E-state index contributed by atoms with van der Waals surface area (Å²) in [5.41, 5.74) is 12.6. The number of para-hydroxylation sites is 1. The molecule has 2 amide bonds. The van der Waals surface area contributed by atoms with Crippen molar-refractivity contribution in [3.8, 4) is 5.75 Å². The van der Waals surface area contributed by atoms with Gasteiger partial charge in [-0.2, -0.15) is 0 Å². The molecule has 5 rings (SSSR count). The van der Waals surface area contributed by atoms with Crippen LogP contribution < -0.4 is 15.8 Å². The smallest absolute Gasteiger partial charge is 0.276 e. The molecule has 8 nitrogen and oxygen atoms in total. The van der Waals surface area contributed by atoms with Crippen molar-refractivity contribution >= 4 is 11.8 Å². The number of rotatable bonds is 12. The fourth-order valence-corrected chi connectivity index (χ4v) is 6.55. The second-order valence-electron chi connectivity index (χ2n) is 12.1. The lowest BCUT2D eigenvalue weighted by molar-refractivity contribution is -0.138. The largest absolute Gasteiger partial charge is 0.496 e. The zero-order chi connectivity index (χ0) is 32.3. The van der Waals surface area contributed by atoms with E-state index in [2.05, 4.69) is 58.1 Å². The molecule has 2 aliphatic rings. The highest BCUT2D eigenvalue weighted by atomic mass is 16.5. The number of ether oxygens (including phenoxy) is 1. The van der Waals surface area contributed by atoms with Crippen LogP contribution in [0.5, 0.6) is 5.75 Å². The summed E-state index contributed by atoms with van der Waals surface area (Å²) in [6, 6.07) is 28.3. The molecule has 8 heteroatoms. The van der Waals surface area contributed by atoms with E-state index in [9.17, 15) is 9.59 Å². The summed E-state index contributed by atoms with van der Waals surface area (Å²) in [5.74, 6) is 0.464. The third-order valence-electron chi connectivity index (χ3n) is 9.13. The second kappa shape index (κ2) is 16.4. The van der Waals surface area contributed by atoms with Crippen LogP contribution in [-0.4, -0.2) is 85.0 Å². The molecule has 242 valence electrons. The number of amides is 2. The first-order valence-corrected chi connectivity index (χ1v) is 16.4. The predicted molar refractivity (Wildman–Crippen MR) is 182 cm³/mol. The molecule has 46 heavy (non-hydrogen) atoms. The number of carbonyl (C=O) groups is 2.